The average Bonchev–Trinajstić information content (AvgIpc) is 3.96. The molecular formula is C63H40N4O. The van der Waals surface area contributed by atoms with Crippen LogP contribution in [0, 0.1) is 0 Å². The third kappa shape index (κ3) is 6.93. The van der Waals surface area contributed by atoms with E-state index >= 15 is 0 Å². The van der Waals surface area contributed by atoms with Crippen molar-refractivity contribution in [3.8, 4) is 84.4 Å². The number of furan rings is 1. The van der Waals surface area contributed by atoms with Gasteiger partial charge in [-0.3, -0.25) is 0 Å². The molecule has 10 aromatic carbocycles. The van der Waals surface area contributed by atoms with Crippen molar-refractivity contribution in [2.24, 2.45) is 0 Å². The molecule has 0 aliphatic rings. The van der Waals surface area contributed by atoms with Gasteiger partial charge in [0.25, 0.3) is 0 Å². The fourth-order valence-corrected chi connectivity index (χ4v) is 9.69. The van der Waals surface area contributed by atoms with Crippen molar-refractivity contribution in [2.45, 2.75) is 0 Å². The summed E-state index contributed by atoms with van der Waals surface area (Å²) in [5, 5.41) is 4.29. The highest BCUT2D eigenvalue weighted by Crippen LogP contribution is 2.41. The molecule has 0 saturated carbocycles. The zero-order valence-electron chi connectivity index (χ0n) is 36.8. The second-order valence-corrected chi connectivity index (χ2v) is 17.2. The molecule has 0 N–H and O–H groups in total. The lowest BCUT2D eigenvalue weighted by atomic mass is 10.00. The van der Waals surface area contributed by atoms with E-state index in [2.05, 4.69) is 235 Å². The van der Waals surface area contributed by atoms with Crippen molar-refractivity contribution in [2.75, 3.05) is 0 Å². The van der Waals surface area contributed by atoms with E-state index < -0.39 is 0 Å². The zero-order valence-corrected chi connectivity index (χ0v) is 36.8. The Morgan fingerprint density at radius 3 is 1.43 bits per heavy atom. The number of benzene rings is 10. The van der Waals surface area contributed by atoms with Crippen LogP contribution in [0.1, 0.15) is 0 Å². The molecule has 3 heterocycles. The summed E-state index contributed by atoms with van der Waals surface area (Å²) in [6.45, 7) is 0. The zero-order chi connectivity index (χ0) is 45.0. The number of fused-ring (bicyclic) bond motifs is 6. The maximum atomic E-state index is 6.95. The molecule has 0 aliphatic carbocycles. The molecule has 13 rings (SSSR count). The van der Waals surface area contributed by atoms with Crippen LogP contribution in [0.4, 0.5) is 0 Å². The highest BCUT2D eigenvalue weighted by molar-refractivity contribution is 6.18. The first-order valence-electron chi connectivity index (χ1n) is 22.9. The number of para-hydroxylation sites is 2. The molecule has 5 nitrogen and oxygen atoms in total. The maximum absolute atomic E-state index is 6.95. The van der Waals surface area contributed by atoms with Gasteiger partial charge in [-0.15, -0.1) is 0 Å². The average molecular weight is 869 g/mol. The summed E-state index contributed by atoms with van der Waals surface area (Å²) in [5.41, 5.74) is 16.7. The molecule has 3 aromatic heterocycles. The second-order valence-electron chi connectivity index (χ2n) is 17.2. The van der Waals surface area contributed by atoms with Crippen LogP contribution in [0.2, 0.25) is 0 Å². The van der Waals surface area contributed by atoms with E-state index in [4.69, 9.17) is 19.4 Å². The third-order valence-corrected chi connectivity index (χ3v) is 13.1. The van der Waals surface area contributed by atoms with Crippen LogP contribution in [0.3, 0.4) is 0 Å². The summed E-state index contributed by atoms with van der Waals surface area (Å²) in [4.78, 5) is 15.6. The van der Waals surface area contributed by atoms with Gasteiger partial charge in [-0.1, -0.05) is 200 Å². The van der Waals surface area contributed by atoms with Gasteiger partial charge in [-0.2, -0.15) is 0 Å². The highest BCUT2D eigenvalue weighted by Gasteiger charge is 2.21. The molecule has 0 amide bonds. The summed E-state index contributed by atoms with van der Waals surface area (Å²) in [6.07, 6.45) is 0. The minimum atomic E-state index is 0.542. The molecule has 318 valence electrons. The van der Waals surface area contributed by atoms with E-state index in [1.165, 1.54) is 16.7 Å². The largest absolute Gasteiger partial charge is 0.455 e. The van der Waals surface area contributed by atoms with Gasteiger partial charge in [-0.05, 0) is 87.0 Å². The van der Waals surface area contributed by atoms with Crippen molar-refractivity contribution in [1.82, 2.24) is 19.5 Å². The Bertz CT molecular complexity index is 3990. The van der Waals surface area contributed by atoms with Gasteiger partial charge in [0.2, 0.25) is 0 Å². The quantitative estimate of drug-likeness (QED) is 0.153. The predicted molar refractivity (Wildman–Crippen MR) is 279 cm³/mol. The van der Waals surface area contributed by atoms with Crippen LogP contribution in [0.25, 0.3) is 128 Å². The predicted octanol–water partition coefficient (Wildman–Crippen LogP) is 16.5. The smallest absolute Gasteiger partial charge is 0.167 e. The SMILES string of the molecule is c1ccc(-c2ccc(-c3cccc(-n4c5ccccc5c5cc6oc7c(-c8nc(-c9ccc(-c%10ccccc%10)cc9)nc(-c9cccc(-c%10ccccc%10)c9)n8)cccc7c6cc54)c3)cc2)cc1. The summed E-state index contributed by atoms with van der Waals surface area (Å²) in [6, 6.07) is 85.2. The summed E-state index contributed by atoms with van der Waals surface area (Å²) in [5.74, 6) is 1.71. The highest BCUT2D eigenvalue weighted by atomic mass is 16.3. The van der Waals surface area contributed by atoms with Crippen molar-refractivity contribution in [3.63, 3.8) is 0 Å². The van der Waals surface area contributed by atoms with E-state index in [1.807, 2.05) is 12.1 Å². The molecule has 0 saturated heterocycles. The molecule has 13 aromatic rings. The molecule has 0 bridgehead atoms. The van der Waals surface area contributed by atoms with Crippen molar-refractivity contribution in [1.29, 1.82) is 0 Å². The van der Waals surface area contributed by atoms with Gasteiger partial charge < -0.3 is 8.98 Å². The van der Waals surface area contributed by atoms with E-state index in [9.17, 15) is 0 Å². The first-order chi connectivity index (χ1) is 33.7. The number of hydrogen-bond acceptors (Lipinski definition) is 4. The summed E-state index contributed by atoms with van der Waals surface area (Å²) < 4.78 is 9.33. The van der Waals surface area contributed by atoms with Crippen molar-refractivity contribution in [3.05, 3.63) is 243 Å². The molecular weight excluding hydrogens is 829 g/mol. The van der Waals surface area contributed by atoms with Crippen LogP contribution < -0.4 is 0 Å². The summed E-state index contributed by atoms with van der Waals surface area (Å²) >= 11 is 0. The fraction of sp³-hybridized carbons (Fsp3) is 0. The second kappa shape index (κ2) is 16.4. The van der Waals surface area contributed by atoms with Gasteiger partial charge >= 0.3 is 0 Å². The van der Waals surface area contributed by atoms with Gasteiger partial charge in [-0.25, -0.2) is 15.0 Å². The van der Waals surface area contributed by atoms with Crippen LogP contribution in [0.15, 0.2) is 247 Å². The number of aromatic nitrogens is 4. The first-order valence-corrected chi connectivity index (χ1v) is 22.9. The lowest BCUT2D eigenvalue weighted by Crippen LogP contribution is -2.00. The Morgan fingerprint density at radius 1 is 0.279 bits per heavy atom. The van der Waals surface area contributed by atoms with Crippen LogP contribution >= 0.6 is 0 Å². The Balaban J connectivity index is 0.951. The van der Waals surface area contributed by atoms with Gasteiger partial charge in [0.1, 0.15) is 11.2 Å². The molecule has 68 heavy (non-hydrogen) atoms. The fourth-order valence-electron chi connectivity index (χ4n) is 9.69. The third-order valence-electron chi connectivity index (χ3n) is 13.1. The molecule has 0 fully saturated rings. The number of nitrogens with zero attached hydrogens (tertiary/aromatic N) is 4. The molecule has 0 aliphatic heterocycles. The van der Waals surface area contributed by atoms with E-state index in [-0.39, 0.29) is 0 Å². The van der Waals surface area contributed by atoms with Gasteiger partial charge in [0.15, 0.2) is 17.5 Å². The minimum Gasteiger partial charge on any atom is -0.455 e. The molecule has 0 atom stereocenters. The van der Waals surface area contributed by atoms with Gasteiger partial charge in [0, 0.05) is 38.4 Å². The van der Waals surface area contributed by atoms with Crippen LogP contribution in [-0.4, -0.2) is 19.5 Å². The lowest BCUT2D eigenvalue weighted by molar-refractivity contribution is 0.670. The Morgan fingerprint density at radius 2 is 0.750 bits per heavy atom. The topological polar surface area (TPSA) is 56.7 Å². The first kappa shape index (κ1) is 39.2. The maximum Gasteiger partial charge on any atom is 0.167 e. The minimum absolute atomic E-state index is 0.542. The van der Waals surface area contributed by atoms with E-state index in [0.717, 1.165) is 93.9 Å². The number of hydrogen-bond donors (Lipinski definition) is 0. The Labute approximate surface area is 392 Å². The lowest BCUT2D eigenvalue weighted by Gasteiger charge is -2.11. The van der Waals surface area contributed by atoms with Gasteiger partial charge in [0.05, 0.1) is 16.6 Å². The Hall–Kier alpha value is -9.19. The normalized spacial score (nSPS) is 11.5. The van der Waals surface area contributed by atoms with Crippen LogP contribution in [0.5, 0.6) is 0 Å². The standard InChI is InChI=1S/C63H40N4O/c1-4-15-41(16-5-1)44-29-31-46(32-30-44)49-22-13-24-51(38-49)67-57-28-11-10-25-52(57)55-40-59-56(39-58(55)67)53-26-14-27-54(60(53)68-59)63-65-61(47-35-33-45(34-36-47)42-17-6-2-7-18-42)64-62(66-63)50-23-12-21-48(37-50)43-19-8-3-9-20-43/h1-40H. The van der Waals surface area contributed by atoms with E-state index in [1.54, 1.807) is 0 Å². The van der Waals surface area contributed by atoms with Crippen molar-refractivity contribution < 1.29 is 4.42 Å². The number of rotatable bonds is 8. The van der Waals surface area contributed by atoms with E-state index in [0.29, 0.717) is 17.5 Å². The summed E-state index contributed by atoms with van der Waals surface area (Å²) in [7, 11) is 0. The molecule has 0 unspecified atom stereocenters. The van der Waals surface area contributed by atoms with Crippen LogP contribution in [-0.2, 0) is 0 Å². The Kier molecular flexibility index (Phi) is 9.43. The monoisotopic (exact) mass is 868 g/mol. The van der Waals surface area contributed by atoms with Crippen molar-refractivity contribution >= 4 is 43.7 Å². The molecule has 5 heteroatoms. The molecule has 0 spiro atoms. The molecule has 0 radical (unpaired) electrons.